The highest BCUT2D eigenvalue weighted by molar-refractivity contribution is 5.73. The van der Waals surface area contributed by atoms with Gasteiger partial charge in [-0.2, -0.15) is 0 Å². The molecule has 438 valence electrons. The van der Waals surface area contributed by atoms with Crippen LogP contribution in [0.4, 0.5) is 0 Å². The molecule has 3 aliphatic heterocycles. The molecule has 8 aliphatic rings. The van der Waals surface area contributed by atoms with Gasteiger partial charge in [-0.05, 0) is 85.4 Å². The molecule has 0 aromatic carbocycles. The van der Waals surface area contributed by atoms with E-state index in [0.717, 1.165) is 11.9 Å². The summed E-state index contributed by atoms with van der Waals surface area (Å²) in [6.07, 6.45) is -24.9. The minimum absolute atomic E-state index is 0.116. The van der Waals surface area contributed by atoms with Crippen LogP contribution in [0.2, 0.25) is 0 Å². The molecule has 5 aliphatic carbocycles. The van der Waals surface area contributed by atoms with E-state index >= 15 is 0 Å². The van der Waals surface area contributed by atoms with E-state index in [2.05, 4.69) is 26.8 Å². The summed E-state index contributed by atoms with van der Waals surface area (Å²) in [7, 11) is 0. The van der Waals surface area contributed by atoms with Crippen LogP contribution in [-0.2, 0) is 57.1 Å². The third kappa shape index (κ3) is 9.73. The van der Waals surface area contributed by atoms with E-state index in [0.29, 0.717) is 38.5 Å². The van der Waals surface area contributed by atoms with Crippen molar-refractivity contribution < 1.29 is 113 Å². The van der Waals surface area contributed by atoms with Crippen LogP contribution in [0.1, 0.15) is 114 Å². The monoisotopic (exact) mass is 1100 g/mol. The number of hydrogen-bond acceptors (Lipinski definition) is 22. The van der Waals surface area contributed by atoms with Crippen molar-refractivity contribution in [3.63, 3.8) is 0 Å². The lowest BCUT2D eigenvalue weighted by atomic mass is 9.33. The van der Waals surface area contributed by atoms with Crippen molar-refractivity contribution in [3.8, 4) is 0 Å². The molecule has 8 rings (SSSR count). The molecular formula is C54H84O23. The van der Waals surface area contributed by atoms with Crippen LogP contribution in [0.5, 0.6) is 0 Å². The molecule has 0 unspecified atom stereocenters. The van der Waals surface area contributed by atoms with Crippen LogP contribution in [0.25, 0.3) is 0 Å². The summed E-state index contributed by atoms with van der Waals surface area (Å²) in [5.41, 5.74) is -4.39. The maximum atomic E-state index is 14.0. The minimum atomic E-state index is -2.17. The Bertz CT molecular complexity index is 2210. The van der Waals surface area contributed by atoms with Crippen molar-refractivity contribution in [1.82, 2.24) is 0 Å². The summed E-state index contributed by atoms with van der Waals surface area (Å²) in [6, 6.07) is 0. The van der Waals surface area contributed by atoms with E-state index in [1.807, 2.05) is 20.8 Å². The molecule has 0 radical (unpaired) electrons. The van der Waals surface area contributed by atoms with E-state index in [1.54, 1.807) is 13.8 Å². The van der Waals surface area contributed by atoms with E-state index in [1.165, 1.54) is 6.92 Å². The van der Waals surface area contributed by atoms with Gasteiger partial charge >= 0.3 is 17.9 Å². The van der Waals surface area contributed by atoms with Crippen molar-refractivity contribution >= 4 is 24.2 Å². The second-order valence-electron chi connectivity index (χ2n) is 25.3. The number of carboxylic acids is 1. The number of esters is 2. The Morgan fingerprint density at radius 3 is 2.08 bits per heavy atom. The zero-order valence-electron chi connectivity index (χ0n) is 45.5. The van der Waals surface area contributed by atoms with Gasteiger partial charge in [0.1, 0.15) is 86.1 Å². The molecule has 0 bridgehead atoms. The Morgan fingerprint density at radius 2 is 1.45 bits per heavy atom. The highest BCUT2D eigenvalue weighted by atomic mass is 16.8. The lowest BCUT2D eigenvalue weighted by Gasteiger charge is -2.72. The number of carboxylic acid groups (broad SMARTS) is 1. The van der Waals surface area contributed by atoms with Crippen LogP contribution in [0, 0.1) is 56.2 Å². The predicted molar refractivity (Wildman–Crippen MR) is 262 cm³/mol. The summed E-state index contributed by atoms with van der Waals surface area (Å²) in [6.45, 7) is 15.3. The van der Waals surface area contributed by atoms with Crippen LogP contribution >= 0.6 is 0 Å². The highest BCUT2D eigenvalue weighted by Crippen LogP contribution is 2.76. The largest absolute Gasteiger partial charge is 0.479 e. The summed E-state index contributed by atoms with van der Waals surface area (Å²) >= 11 is 0. The van der Waals surface area contributed by atoms with Gasteiger partial charge in [-0.1, -0.05) is 67.0 Å². The van der Waals surface area contributed by atoms with Crippen LogP contribution in [-0.4, -0.2) is 211 Å². The molecule has 77 heavy (non-hydrogen) atoms. The van der Waals surface area contributed by atoms with Crippen molar-refractivity contribution in [2.75, 3.05) is 19.8 Å². The number of carbonyl (C=O) groups is 4. The van der Waals surface area contributed by atoms with Crippen molar-refractivity contribution in [2.45, 2.75) is 224 Å². The number of fused-ring (bicyclic) bond motifs is 7. The number of aliphatic hydroxyl groups is 10. The topological polar surface area (TPSA) is 365 Å². The normalized spacial score (nSPS) is 50.8. The second-order valence-corrected chi connectivity index (χ2v) is 25.3. The molecule has 3 saturated heterocycles. The Labute approximate surface area is 448 Å². The fraction of sp³-hybridized carbons (Fsp3) is 0.889. The smallest absolute Gasteiger partial charge is 0.335 e. The van der Waals surface area contributed by atoms with E-state index in [4.69, 9.17) is 37.9 Å². The van der Waals surface area contributed by atoms with E-state index in [9.17, 15) is 75.3 Å². The average Bonchev–Trinajstić information content (AvgIpc) is 3.51. The average molecular weight is 1100 g/mol. The number of carbonyl (C=O) groups excluding carboxylic acids is 3. The fourth-order valence-corrected chi connectivity index (χ4v) is 15.8. The molecule has 0 aromatic heterocycles. The number of aliphatic carboxylic acids is 1. The van der Waals surface area contributed by atoms with Gasteiger partial charge in [-0.25, -0.2) is 4.79 Å². The molecule has 0 amide bonds. The Morgan fingerprint density at radius 1 is 0.792 bits per heavy atom. The zero-order valence-corrected chi connectivity index (χ0v) is 45.5. The molecular weight excluding hydrogens is 1020 g/mol. The molecule has 0 spiro atoms. The molecule has 4 saturated carbocycles. The molecule has 11 N–H and O–H groups in total. The first-order chi connectivity index (χ1) is 35.9. The Kier molecular flexibility index (Phi) is 17.1. The molecule has 0 aromatic rings. The summed E-state index contributed by atoms with van der Waals surface area (Å²) in [4.78, 5) is 52.8. The number of aldehydes is 1. The van der Waals surface area contributed by atoms with Gasteiger partial charge in [0.25, 0.3) is 0 Å². The quantitative estimate of drug-likeness (QED) is 0.0456. The lowest BCUT2D eigenvalue weighted by Crippen LogP contribution is -2.72. The number of hydrogen-bond donors (Lipinski definition) is 11. The summed E-state index contributed by atoms with van der Waals surface area (Å²) in [5, 5.41) is 122. The number of rotatable bonds is 14. The van der Waals surface area contributed by atoms with Crippen molar-refractivity contribution in [3.05, 3.63) is 11.6 Å². The van der Waals surface area contributed by atoms with Crippen LogP contribution < -0.4 is 0 Å². The molecule has 3 heterocycles. The first-order valence-corrected chi connectivity index (χ1v) is 27.3. The summed E-state index contributed by atoms with van der Waals surface area (Å²) in [5.74, 6) is -4.23. The van der Waals surface area contributed by atoms with Crippen molar-refractivity contribution in [1.29, 1.82) is 0 Å². The maximum Gasteiger partial charge on any atom is 0.335 e. The third-order valence-electron chi connectivity index (χ3n) is 20.7. The van der Waals surface area contributed by atoms with Crippen molar-refractivity contribution in [2.24, 2.45) is 56.2 Å². The molecule has 23 nitrogen and oxygen atoms in total. The van der Waals surface area contributed by atoms with E-state index in [-0.39, 0.29) is 25.4 Å². The van der Waals surface area contributed by atoms with Gasteiger partial charge in [0.2, 0.25) is 0 Å². The summed E-state index contributed by atoms with van der Waals surface area (Å²) < 4.78 is 47.9. The van der Waals surface area contributed by atoms with Crippen LogP contribution in [0.3, 0.4) is 0 Å². The fourth-order valence-electron chi connectivity index (χ4n) is 15.8. The third-order valence-corrected chi connectivity index (χ3v) is 20.7. The SMILES string of the molecule is CC[C@@H](C)C(=O)O[C@H]1[C@H](O)[C@]2(COC(C)=O)[C@H](O)C[C@]3(C)C(=CC[C@@H]4[C@@]5(C)CC[C@H](O[C@@H]6O[C@H](C(=O)O)[C@@H](O)[C@H](O[C@@H]7OC[C@@H](O)[C@@H](O)[C@@H]7O)[C@H]6O[C@@H]6O[C@H](CO)[C@H](O)[C@H](O)[C@H]6O)[C@@](C)(C=O)[C@@H]5CC[C@]43C)[C@@H]2CC1(C)C. The predicted octanol–water partition coefficient (Wildman–Crippen LogP) is -0.395. The molecule has 23 heteroatoms. The van der Waals surface area contributed by atoms with Gasteiger partial charge < -0.3 is 98.9 Å². The van der Waals surface area contributed by atoms with Gasteiger partial charge in [-0.3, -0.25) is 9.59 Å². The Balaban J connectivity index is 1.13. The maximum absolute atomic E-state index is 14.0. The minimum Gasteiger partial charge on any atom is -0.479 e. The lowest BCUT2D eigenvalue weighted by molar-refractivity contribution is -0.391. The number of allylic oxidation sites excluding steroid dienone is 2. The molecule has 7 fully saturated rings. The van der Waals surface area contributed by atoms with Crippen LogP contribution in [0.15, 0.2) is 11.6 Å². The Hall–Kier alpha value is -2.82. The highest BCUT2D eigenvalue weighted by Gasteiger charge is 2.74. The van der Waals surface area contributed by atoms with E-state index < -0.39 is 192 Å². The molecule has 27 atom stereocenters. The number of aliphatic hydroxyl groups excluding tert-OH is 10. The van der Waals surface area contributed by atoms with Gasteiger partial charge in [-0.15, -0.1) is 0 Å². The second kappa shape index (κ2) is 21.8. The first-order valence-electron chi connectivity index (χ1n) is 27.3. The van der Waals surface area contributed by atoms with Gasteiger partial charge in [0, 0.05) is 12.3 Å². The first kappa shape index (κ1) is 60.3. The number of ether oxygens (including phenoxy) is 8. The zero-order chi connectivity index (χ0) is 56.9. The van der Waals surface area contributed by atoms with Gasteiger partial charge in [0.05, 0.1) is 42.2 Å². The standard InChI is InChI=1S/C54H84O23/c1-10-23(2)45(69)77-43-42(66)54(22-71-24(3)57)26(17-49(43,4)5)25-11-12-30-50(6)15-14-32(51(7,21-56)29(50)13-16-52(30,8)53(25,9)18-31(54)59)73-48-41(76-47-37(64)35(62)34(61)28(19-55)72-47)39(38(65)40(75-48)44(67)68)74-46-36(63)33(60)27(58)20-70-46/h11,21,23,26-43,46-48,55,58-66H,10,12-20,22H2,1-9H3,(H,67,68)/t23-,26+,27-,28-,29-,30-,31-,32+,33-,34+,35+,36+,37-,38+,39+,40+,41-,42+,43+,46+,47+,48-,50+,51+,52-,53-,54+/m1/s1. The van der Waals surface area contributed by atoms with Gasteiger partial charge in [0.15, 0.2) is 25.0 Å².